The highest BCUT2D eigenvalue weighted by molar-refractivity contribution is 7.22. The van der Waals surface area contributed by atoms with Gasteiger partial charge in [0.15, 0.2) is 5.13 Å². The predicted molar refractivity (Wildman–Crippen MR) is 132 cm³/mol. The minimum atomic E-state index is 0. The summed E-state index contributed by atoms with van der Waals surface area (Å²) in [5.41, 5.74) is 5.16. The van der Waals surface area contributed by atoms with E-state index in [1.54, 1.807) is 11.3 Å². The topological polar surface area (TPSA) is 39.7 Å². The number of benzene rings is 2. The molecule has 0 aliphatic rings. The minimum Gasteiger partial charge on any atom is -0.378 e. The van der Waals surface area contributed by atoms with Gasteiger partial charge < -0.3 is 9.80 Å². The third-order valence-corrected chi connectivity index (χ3v) is 6.21. The van der Waals surface area contributed by atoms with Crippen LogP contribution in [0.25, 0.3) is 10.2 Å². The number of fused-ring (bicyclic) bond motifs is 1. The first-order valence-electron chi connectivity index (χ1n) is 9.88. The maximum Gasteiger partial charge on any atom is 0.260 e. The van der Waals surface area contributed by atoms with E-state index in [-0.39, 0.29) is 18.3 Å². The van der Waals surface area contributed by atoms with Gasteiger partial charge in [0.1, 0.15) is 0 Å². The summed E-state index contributed by atoms with van der Waals surface area (Å²) in [7, 11) is 8.09. The van der Waals surface area contributed by atoms with E-state index in [2.05, 4.69) is 45.0 Å². The largest absolute Gasteiger partial charge is 0.378 e. The quantitative estimate of drug-likeness (QED) is 0.512. The zero-order chi connectivity index (χ0) is 21.1. The first kappa shape index (κ1) is 24.1. The molecule has 0 radical (unpaired) electrons. The molecule has 30 heavy (non-hydrogen) atoms. The maximum atomic E-state index is 13.4. The Bertz CT molecular complexity index is 998. The van der Waals surface area contributed by atoms with Crippen molar-refractivity contribution in [2.24, 2.45) is 0 Å². The van der Waals surface area contributed by atoms with Gasteiger partial charge in [0.05, 0.1) is 10.2 Å². The van der Waals surface area contributed by atoms with Gasteiger partial charge in [-0.2, -0.15) is 0 Å². The van der Waals surface area contributed by atoms with Crippen LogP contribution in [0, 0.1) is 13.8 Å². The number of hydrogen-bond acceptors (Lipinski definition) is 5. The molecule has 3 rings (SSSR count). The lowest BCUT2D eigenvalue weighted by Gasteiger charge is -2.21. The molecule has 1 aromatic heterocycles. The Morgan fingerprint density at radius 3 is 2.23 bits per heavy atom. The molecule has 1 heterocycles. The number of carbonyl (C=O) groups is 1. The molecule has 0 aliphatic carbocycles. The summed E-state index contributed by atoms with van der Waals surface area (Å²) in [4.78, 5) is 24.3. The average Bonchev–Trinajstić information content (AvgIpc) is 3.12. The van der Waals surface area contributed by atoms with Crippen molar-refractivity contribution in [2.75, 3.05) is 51.1 Å². The molecule has 2 aromatic carbocycles. The van der Waals surface area contributed by atoms with E-state index in [9.17, 15) is 4.79 Å². The van der Waals surface area contributed by atoms with Crippen LogP contribution in [0.2, 0.25) is 0 Å². The summed E-state index contributed by atoms with van der Waals surface area (Å²) in [6, 6.07) is 12.0. The second-order valence-electron chi connectivity index (χ2n) is 7.91. The molecule has 7 heteroatoms. The Hall–Kier alpha value is -2.15. The fourth-order valence-electron chi connectivity index (χ4n) is 3.22. The molecule has 0 fully saturated rings. The van der Waals surface area contributed by atoms with Gasteiger partial charge in [0.2, 0.25) is 0 Å². The third kappa shape index (κ3) is 5.31. The minimum absolute atomic E-state index is 0. The number of rotatable bonds is 7. The van der Waals surface area contributed by atoms with E-state index in [1.165, 1.54) is 11.1 Å². The second kappa shape index (κ2) is 10.2. The molecule has 162 valence electrons. The van der Waals surface area contributed by atoms with Crippen LogP contribution in [0.4, 0.5) is 10.8 Å². The molecule has 0 spiro atoms. The van der Waals surface area contributed by atoms with Crippen molar-refractivity contribution in [1.82, 2.24) is 9.88 Å². The molecule has 0 saturated carbocycles. The fourth-order valence-corrected chi connectivity index (χ4v) is 4.27. The molecule has 0 N–H and O–H groups in total. The highest BCUT2D eigenvalue weighted by atomic mass is 35.5. The molecular formula is C23H31ClN4OS. The highest BCUT2D eigenvalue weighted by Gasteiger charge is 2.22. The molecule has 0 atom stereocenters. The molecular weight excluding hydrogens is 416 g/mol. The van der Waals surface area contributed by atoms with E-state index in [4.69, 9.17) is 4.98 Å². The van der Waals surface area contributed by atoms with Gasteiger partial charge in [-0.3, -0.25) is 9.69 Å². The summed E-state index contributed by atoms with van der Waals surface area (Å²) in [5.74, 6) is 0.00231. The van der Waals surface area contributed by atoms with Gasteiger partial charge in [-0.15, -0.1) is 12.4 Å². The highest BCUT2D eigenvalue weighted by Crippen LogP contribution is 2.33. The number of aryl methyl sites for hydroxylation is 2. The van der Waals surface area contributed by atoms with Crippen molar-refractivity contribution in [1.29, 1.82) is 0 Å². The van der Waals surface area contributed by atoms with Gasteiger partial charge in [0, 0.05) is 31.9 Å². The van der Waals surface area contributed by atoms with Crippen LogP contribution in [-0.4, -0.2) is 57.1 Å². The summed E-state index contributed by atoms with van der Waals surface area (Å²) in [5, 5.41) is 0.772. The number of anilines is 2. The van der Waals surface area contributed by atoms with Gasteiger partial charge in [-0.05, 0) is 82.4 Å². The SMILES string of the molecule is Cc1ccc2sc(N(CCCN(C)C)C(=O)c3ccc(N(C)C)cc3)nc2c1C.Cl. The van der Waals surface area contributed by atoms with E-state index < -0.39 is 0 Å². The molecule has 0 unspecified atom stereocenters. The van der Waals surface area contributed by atoms with Crippen LogP contribution in [0.5, 0.6) is 0 Å². The van der Waals surface area contributed by atoms with Gasteiger partial charge in [-0.1, -0.05) is 17.4 Å². The number of carbonyl (C=O) groups excluding carboxylic acids is 1. The summed E-state index contributed by atoms with van der Waals surface area (Å²) in [6.45, 7) is 5.76. The second-order valence-corrected chi connectivity index (χ2v) is 8.91. The smallest absolute Gasteiger partial charge is 0.260 e. The normalized spacial score (nSPS) is 10.9. The van der Waals surface area contributed by atoms with Crippen molar-refractivity contribution in [3.63, 3.8) is 0 Å². The lowest BCUT2D eigenvalue weighted by Crippen LogP contribution is -2.33. The number of thiazole rings is 1. The zero-order valence-corrected chi connectivity index (χ0v) is 20.2. The first-order chi connectivity index (χ1) is 13.8. The Balaban J connectivity index is 0.00000320. The summed E-state index contributed by atoms with van der Waals surface area (Å²) in [6.07, 6.45) is 0.891. The van der Waals surface area contributed by atoms with Crippen molar-refractivity contribution >= 4 is 50.7 Å². The molecule has 5 nitrogen and oxygen atoms in total. The van der Waals surface area contributed by atoms with Gasteiger partial charge in [-0.25, -0.2) is 4.98 Å². The van der Waals surface area contributed by atoms with Crippen LogP contribution in [0.1, 0.15) is 27.9 Å². The summed E-state index contributed by atoms with van der Waals surface area (Å²) >= 11 is 1.59. The first-order valence-corrected chi connectivity index (χ1v) is 10.7. The monoisotopic (exact) mass is 446 g/mol. The van der Waals surface area contributed by atoms with Gasteiger partial charge in [0.25, 0.3) is 5.91 Å². The number of aromatic nitrogens is 1. The number of amides is 1. The molecule has 0 bridgehead atoms. The van der Waals surface area contributed by atoms with Crippen molar-refractivity contribution in [2.45, 2.75) is 20.3 Å². The van der Waals surface area contributed by atoms with Gasteiger partial charge >= 0.3 is 0 Å². The van der Waals surface area contributed by atoms with Crippen molar-refractivity contribution < 1.29 is 4.79 Å². The van der Waals surface area contributed by atoms with Crippen LogP contribution in [0.3, 0.4) is 0 Å². The Morgan fingerprint density at radius 2 is 1.63 bits per heavy atom. The van der Waals surface area contributed by atoms with Crippen LogP contribution < -0.4 is 9.80 Å². The van der Waals surface area contributed by atoms with E-state index in [0.29, 0.717) is 12.1 Å². The lowest BCUT2D eigenvalue weighted by atomic mass is 10.1. The van der Waals surface area contributed by atoms with Crippen LogP contribution >= 0.6 is 23.7 Å². The number of nitrogens with zero attached hydrogens (tertiary/aromatic N) is 4. The lowest BCUT2D eigenvalue weighted by molar-refractivity contribution is 0.0986. The molecule has 0 aliphatic heterocycles. The predicted octanol–water partition coefficient (Wildman–Crippen LogP) is 5.00. The van der Waals surface area contributed by atoms with E-state index in [0.717, 1.165) is 34.0 Å². The number of halogens is 1. The van der Waals surface area contributed by atoms with Crippen molar-refractivity contribution in [3.05, 3.63) is 53.1 Å². The van der Waals surface area contributed by atoms with Crippen LogP contribution in [0.15, 0.2) is 36.4 Å². The van der Waals surface area contributed by atoms with Crippen LogP contribution in [-0.2, 0) is 0 Å². The average molecular weight is 447 g/mol. The van der Waals surface area contributed by atoms with E-state index >= 15 is 0 Å². The van der Waals surface area contributed by atoms with E-state index in [1.807, 2.05) is 48.2 Å². The fraction of sp³-hybridized carbons (Fsp3) is 0.391. The molecule has 3 aromatic rings. The number of hydrogen-bond donors (Lipinski definition) is 0. The Labute approximate surface area is 189 Å². The Kier molecular flexibility index (Phi) is 8.24. The van der Waals surface area contributed by atoms with Crippen molar-refractivity contribution in [3.8, 4) is 0 Å². The summed E-state index contributed by atoms with van der Waals surface area (Å²) < 4.78 is 1.12. The molecule has 1 amide bonds. The standard InChI is InChI=1S/C23H30N4OS.ClH/c1-16-8-13-20-21(17(16)2)24-23(29-20)27(15-7-14-25(3)4)22(28)18-9-11-19(12-10-18)26(5)6;/h8-13H,7,14-15H2,1-6H3;1H. The zero-order valence-electron chi connectivity index (χ0n) is 18.6. The maximum absolute atomic E-state index is 13.4. The molecule has 0 saturated heterocycles. The Morgan fingerprint density at radius 1 is 0.967 bits per heavy atom. The third-order valence-electron chi connectivity index (χ3n) is 5.17.